The van der Waals surface area contributed by atoms with E-state index in [2.05, 4.69) is 16.0 Å². The zero-order valence-corrected chi connectivity index (χ0v) is 16.1. The highest BCUT2D eigenvalue weighted by Crippen LogP contribution is 2.34. The van der Waals surface area contributed by atoms with Gasteiger partial charge in [-0.1, -0.05) is 25.0 Å². The Labute approximate surface area is 168 Å². The van der Waals surface area contributed by atoms with Crippen LogP contribution in [0.25, 0.3) is 0 Å². The number of rotatable bonds is 8. The van der Waals surface area contributed by atoms with Gasteiger partial charge < -0.3 is 16.0 Å². The number of imide groups is 1. The number of benzene rings is 1. The molecule has 9 heteroatoms. The predicted octanol–water partition coefficient (Wildman–Crippen LogP) is 0.855. The third-order valence-electron chi connectivity index (χ3n) is 5.31. The molecule has 5 amide bonds. The molecule has 2 aliphatic rings. The third-order valence-corrected chi connectivity index (χ3v) is 5.31. The molecule has 0 unspecified atom stereocenters. The maximum atomic E-state index is 12.8. The van der Waals surface area contributed by atoms with E-state index in [4.69, 9.17) is 0 Å². The van der Waals surface area contributed by atoms with Gasteiger partial charge in [-0.15, -0.1) is 0 Å². The fraction of sp³-hybridized carbons (Fsp3) is 0.500. The Morgan fingerprint density at radius 2 is 1.66 bits per heavy atom. The Hall–Kier alpha value is -2.97. The van der Waals surface area contributed by atoms with E-state index in [9.17, 15) is 23.6 Å². The molecule has 1 saturated carbocycles. The number of halogens is 1. The number of amides is 5. The smallest absolute Gasteiger partial charge is 0.325 e. The van der Waals surface area contributed by atoms with Gasteiger partial charge in [-0.3, -0.25) is 19.3 Å². The molecule has 8 nitrogen and oxygen atoms in total. The van der Waals surface area contributed by atoms with Gasteiger partial charge in [-0.2, -0.15) is 0 Å². The number of hydrogen-bond donors (Lipinski definition) is 3. The number of nitrogens with one attached hydrogen (secondary N) is 3. The lowest BCUT2D eigenvalue weighted by Crippen LogP contribution is -2.44. The molecule has 1 heterocycles. The molecule has 29 heavy (non-hydrogen) atoms. The molecule has 2 fully saturated rings. The highest BCUT2D eigenvalue weighted by Gasteiger charge is 2.52. The standard InChI is InChI=1S/C20H25FN4O4/c21-15-5-3-14(4-6-15)13-17(27)23-11-10-22-16(26)7-12-25-18(28)20(24-19(25)29)8-1-2-9-20/h3-6H,1-2,7-13H2,(H,22,26)(H,23,27)(H,24,29). The van der Waals surface area contributed by atoms with Crippen molar-refractivity contribution in [1.82, 2.24) is 20.9 Å². The average molecular weight is 404 g/mol. The van der Waals surface area contributed by atoms with Crippen LogP contribution in [0.4, 0.5) is 9.18 Å². The highest BCUT2D eigenvalue weighted by atomic mass is 19.1. The second-order valence-corrected chi connectivity index (χ2v) is 7.43. The number of nitrogens with zero attached hydrogens (tertiary/aromatic N) is 1. The quantitative estimate of drug-likeness (QED) is 0.441. The fourth-order valence-electron chi connectivity index (χ4n) is 3.75. The van der Waals surface area contributed by atoms with E-state index in [1.807, 2.05) is 0 Å². The lowest BCUT2D eigenvalue weighted by molar-refractivity contribution is -0.131. The molecule has 156 valence electrons. The first-order chi connectivity index (χ1) is 13.9. The second-order valence-electron chi connectivity index (χ2n) is 7.43. The summed E-state index contributed by atoms with van der Waals surface area (Å²) in [7, 11) is 0. The highest BCUT2D eigenvalue weighted by molar-refractivity contribution is 6.07. The summed E-state index contributed by atoms with van der Waals surface area (Å²) in [6.07, 6.45) is 3.26. The van der Waals surface area contributed by atoms with Crippen LogP contribution in [-0.2, 0) is 20.8 Å². The van der Waals surface area contributed by atoms with E-state index in [-0.39, 0.29) is 56.0 Å². The Morgan fingerprint density at radius 1 is 1.03 bits per heavy atom. The van der Waals surface area contributed by atoms with Crippen molar-refractivity contribution in [1.29, 1.82) is 0 Å². The first-order valence-electron chi connectivity index (χ1n) is 9.82. The Morgan fingerprint density at radius 3 is 2.31 bits per heavy atom. The van der Waals surface area contributed by atoms with Crippen LogP contribution >= 0.6 is 0 Å². The summed E-state index contributed by atoms with van der Waals surface area (Å²) in [5, 5.41) is 8.10. The molecular weight excluding hydrogens is 379 g/mol. The monoisotopic (exact) mass is 404 g/mol. The van der Waals surface area contributed by atoms with Crippen molar-refractivity contribution in [3.05, 3.63) is 35.6 Å². The van der Waals surface area contributed by atoms with Gasteiger partial charge in [0.05, 0.1) is 6.42 Å². The fourth-order valence-corrected chi connectivity index (χ4v) is 3.75. The largest absolute Gasteiger partial charge is 0.354 e. The van der Waals surface area contributed by atoms with Crippen molar-refractivity contribution >= 4 is 23.8 Å². The van der Waals surface area contributed by atoms with Crippen molar-refractivity contribution in [2.24, 2.45) is 0 Å². The summed E-state index contributed by atoms with van der Waals surface area (Å²) >= 11 is 0. The number of urea groups is 1. The van der Waals surface area contributed by atoms with Gasteiger partial charge in [-0.25, -0.2) is 9.18 Å². The van der Waals surface area contributed by atoms with Crippen LogP contribution in [0.5, 0.6) is 0 Å². The van der Waals surface area contributed by atoms with Gasteiger partial charge in [0.2, 0.25) is 11.8 Å². The maximum Gasteiger partial charge on any atom is 0.325 e. The molecule has 1 aliphatic carbocycles. The summed E-state index contributed by atoms with van der Waals surface area (Å²) < 4.78 is 12.8. The van der Waals surface area contributed by atoms with Crippen molar-refractivity contribution in [2.45, 2.75) is 44.1 Å². The predicted molar refractivity (Wildman–Crippen MR) is 102 cm³/mol. The van der Waals surface area contributed by atoms with E-state index in [1.165, 1.54) is 12.1 Å². The Bertz CT molecular complexity index is 790. The maximum absolute atomic E-state index is 12.8. The average Bonchev–Trinajstić information content (AvgIpc) is 3.25. The molecule has 1 aromatic rings. The topological polar surface area (TPSA) is 108 Å². The molecular formula is C20H25FN4O4. The minimum absolute atomic E-state index is 0.0127. The van der Waals surface area contributed by atoms with Crippen molar-refractivity contribution < 1.29 is 23.6 Å². The number of carbonyl (C=O) groups is 4. The summed E-state index contributed by atoms with van der Waals surface area (Å²) in [6.45, 7) is 0.519. The van der Waals surface area contributed by atoms with Gasteiger partial charge in [0.1, 0.15) is 11.4 Å². The first kappa shape index (κ1) is 20.8. The van der Waals surface area contributed by atoms with Crippen LogP contribution in [0, 0.1) is 5.82 Å². The molecule has 0 radical (unpaired) electrons. The molecule has 1 aliphatic heterocycles. The van der Waals surface area contributed by atoms with Gasteiger partial charge in [-0.05, 0) is 30.5 Å². The third kappa shape index (κ3) is 5.10. The van der Waals surface area contributed by atoms with E-state index in [1.54, 1.807) is 12.1 Å². The van der Waals surface area contributed by atoms with Crippen LogP contribution in [0.1, 0.15) is 37.7 Å². The Kier molecular flexibility index (Phi) is 6.46. The van der Waals surface area contributed by atoms with E-state index in [0.717, 1.165) is 17.7 Å². The summed E-state index contributed by atoms with van der Waals surface area (Å²) in [4.78, 5) is 49.5. The van der Waals surface area contributed by atoms with Crippen LogP contribution < -0.4 is 16.0 Å². The van der Waals surface area contributed by atoms with Crippen LogP contribution in [0.15, 0.2) is 24.3 Å². The SMILES string of the molecule is O=C(CCN1C(=O)NC2(CCCC2)C1=O)NCCNC(=O)Cc1ccc(F)cc1. The minimum atomic E-state index is -0.762. The van der Waals surface area contributed by atoms with Gasteiger partial charge in [0.15, 0.2) is 0 Å². The molecule has 3 N–H and O–H groups in total. The van der Waals surface area contributed by atoms with Gasteiger partial charge >= 0.3 is 6.03 Å². The van der Waals surface area contributed by atoms with E-state index < -0.39 is 11.6 Å². The summed E-state index contributed by atoms with van der Waals surface area (Å²) in [6, 6.07) is 5.24. The number of carbonyl (C=O) groups excluding carboxylic acids is 4. The lowest BCUT2D eigenvalue weighted by atomic mass is 9.98. The second kappa shape index (κ2) is 9.02. The van der Waals surface area contributed by atoms with Crippen LogP contribution in [0.3, 0.4) is 0 Å². The van der Waals surface area contributed by atoms with Crippen molar-refractivity contribution in [3.63, 3.8) is 0 Å². The molecule has 1 spiro atoms. The molecule has 0 atom stereocenters. The van der Waals surface area contributed by atoms with Crippen LogP contribution in [0.2, 0.25) is 0 Å². The van der Waals surface area contributed by atoms with E-state index >= 15 is 0 Å². The number of hydrogen-bond acceptors (Lipinski definition) is 4. The molecule has 1 saturated heterocycles. The zero-order valence-electron chi connectivity index (χ0n) is 16.1. The zero-order chi connectivity index (χ0) is 20.9. The minimum Gasteiger partial charge on any atom is -0.354 e. The lowest BCUT2D eigenvalue weighted by Gasteiger charge is -2.19. The van der Waals surface area contributed by atoms with E-state index in [0.29, 0.717) is 18.4 Å². The first-order valence-corrected chi connectivity index (χ1v) is 9.82. The van der Waals surface area contributed by atoms with Crippen LogP contribution in [-0.4, -0.2) is 53.8 Å². The summed E-state index contributed by atoms with van der Waals surface area (Å²) in [5.74, 6) is -1.12. The van der Waals surface area contributed by atoms with Crippen molar-refractivity contribution in [3.8, 4) is 0 Å². The van der Waals surface area contributed by atoms with Gasteiger partial charge in [0.25, 0.3) is 5.91 Å². The molecule has 3 rings (SSSR count). The molecule has 0 bridgehead atoms. The normalized spacial score (nSPS) is 17.5. The summed E-state index contributed by atoms with van der Waals surface area (Å²) in [5.41, 5.74) is -0.0657. The molecule has 0 aromatic heterocycles. The molecule has 1 aromatic carbocycles. The Balaban J connectivity index is 1.32. The van der Waals surface area contributed by atoms with Crippen molar-refractivity contribution in [2.75, 3.05) is 19.6 Å². The van der Waals surface area contributed by atoms with Gasteiger partial charge in [0, 0.05) is 26.1 Å².